The topological polar surface area (TPSA) is 51.8 Å². The Kier molecular flexibility index (Phi) is 6.99. The van der Waals surface area contributed by atoms with E-state index in [0.717, 1.165) is 67.3 Å². The molecule has 0 aliphatic heterocycles. The summed E-state index contributed by atoms with van der Waals surface area (Å²) in [5.74, 6) is 0.739. The lowest BCUT2D eigenvalue weighted by atomic mass is 9.86. The van der Waals surface area contributed by atoms with Crippen molar-refractivity contribution in [3.05, 3.63) is 151 Å². The molecule has 8 aromatic rings. The van der Waals surface area contributed by atoms with E-state index in [0.29, 0.717) is 0 Å². The van der Waals surface area contributed by atoms with Crippen LogP contribution in [0.15, 0.2) is 150 Å². The van der Waals surface area contributed by atoms with Crippen molar-refractivity contribution in [1.29, 1.82) is 0 Å². The molecule has 226 valence electrons. The second kappa shape index (κ2) is 11.5. The molecule has 0 spiro atoms. The number of nitrogens with zero attached hydrogens (tertiary/aromatic N) is 3. The fraction of sp³-hybridized carbons (Fsp3) is 0.0930. The van der Waals surface area contributed by atoms with Gasteiger partial charge in [0.15, 0.2) is 5.58 Å². The molecule has 0 saturated heterocycles. The number of benzene rings is 6. The minimum absolute atomic E-state index is 0.191. The Morgan fingerprint density at radius 1 is 0.468 bits per heavy atom. The van der Waals surface area contributed by atoms with E-state index in [4.69, 9.17) is 9.40 Å². The summed E-state index contributed by atoms with van der Waals surface area (Å²) in [6.45, 7) is 6.39. The number of rotatable bonds is 5. The quantitative estimate of drug-likeness (QED) is 0.195. The average Bonchev–Trinajstić information content (AvgIpc) is 3.58. The average molecular weight is 608 g/mol. The van der Waals surface area contributed by atoms with Crippen LogP contribution in [0.1, 0.15) is 26.7 Å². The van der Waals surface area contributed by atoms with E-state index in [1.54, 1.807) is 0 Å². The molecule has 2 aromatic heterocycles. The molecule has 0 N–H and O–H groups in total. The zero-order valence-corrected chi connectivity index (χ0v) is 26.6. The van der Waals surface area contributed by atoms with Crippen molar-refractivity contribution < 1.29 is 4.42 Å². The largest absolute Gasteiger partial charge is 0.439 e. The molecule has 0 unspecified atom stereocenters. The van der Waals surface area contributed by atoms with E-state index in [-0.39, 0.29) is 5.41 Å². The third-order valence-corrected chi connectivity index (χ3v) is 8.70. The molecule has 0 atom stereocenters. The van der Waals surface area contributed by atoms with Gasteiger partial charge in [0.2, 0.25) is 5.89 Å². The molecule has 0 aliphatic rings. The molecule has 0 aliphatic carbocycles. The zero-order valence-electron chi connectivity index (χ0n) is 26.6. The second-order valence-corrected chi connectivity index (χ2v) is 12.9. The summed E-state index contributed by atoms with van der Waals surface area (Å²) in [6.07, 6.45) is 0. The van der Waals surface area contributed by atoms with Crippen molar-refractivity contribution in [3.8, 4) is 55.9 Å². The molecule has 2 heterocycles. The van der Waals surface area contributed by atoms with Gasteiger partial charge in [0, 0.05) is 22.1 Å². The van der Waals surface area contributed by atoms with Gasteiger partial charge < -0.3 is 4.42 Å². The lowest BCUT2D eigenvalue weighted by Crippen LogP contribution is -2.10. The molecule has 4 heteroatoms. The highest BCUT2D eigenvalue weighted by molar-refractivity contribution is 6.07. The molecule has 0 radical (unpaired) electrons. The molecule has 0 saturated carbocycles. The summed E-state index contributed by atoms with van der Waals surface area (Å²) in [5, 5.41) is 11.5. The second-order valence-electron chi connectivity index (χ2n) is 12.9. The van der Waals surface area contributed by atoms with E-state index < -0.39 is 0 Å². The van der Waals surface area contributed by atoms with Crippen LogP contribution in [0.3, 0.4) is 0 Å². The first-order chi connectivity index (χ1) is 22.9. The van der Waals surface area contributed by atoms with E-state index in [1.165, 1.54) is 16.3 Å². The highest BCUT2D eigenvalue weighted by Gasteiger charge is 2.23. The van der Waals surface area contributed by atoms with Crippen molar-refractivity contribution in [2.24, 2.45) is 0 Å². The number of aromatic nitrogens is 3. The molecular weight excluding hydrogens is 574 g/mol. The maximum absolute atomic E-state index is 6.46. The standard InChI is InChI=1S/C43H33N3O/c1-43(2,3)42-44-39-19-11-18-36(41(39)47-42)34-17-10-9-16-33(34)35-25-24-28-12-7-8-15-32(28)40(35)31-22-20-30(21-23-31)38-27-26-37(45-46-38)29-13-5-4-6-14-29/h4-27H,1-3H3. The van der Waals surface area contributed by atoms with Gasteiger partial charge in [0.1, 0.15) is 5.52 Å². The Bertz CT molecular complexity index is 2370. The molecule has 0 amide bonds. The molecule has 6 aromatic carbocycles. The first kappa shape index (κ1) is 28.6. The third-order valence-electron chi connectivity index (χ3n) is 8.70. The van der Waals surface area contributed by atoms with Crippen LogP contribution in [-0.2, 0) is 5.41 Å². The molecule has 47 heavy (non-hydrogen) atoms. The van der Waals surface area contributed by atoms with Gasteiger partial charge in [-0.2, -0.15) is 0 Å². The minimum Gasteiger partial charge on any atom is -0.439 e. The summed E-state index contributed by atoms with van der Waals surface area (Å²) in [5.41, 5.74) is 12.0. The highest BCUT2D eigenvalue weighted by atomic mass is 16.3. The molecule has 0 fully saturated rings. The Labute approximate surface area is 274 Å². The SMILES string of the molecule is CC(C)(C)c1nc2cccc(-c3ccccc3-c3ccc4ccccc4c3-c3ccc(-c4ccc(-c5ccccc5)nn4)cc3)c2o1. The molecule has 4 nitrogen and oxygen atoms in total. The van der Waals surface area contributed by atoms with E-state index >= 15 is 0 Å². The smallest absolute Gasteiger partial charge is 0.200 e. The fourth-order valence-electron chi connectivity index (χ4n) is 6.30. The van der Waals surface area contributed by atoms with Gasteiger partial charge in [-0.15, -0.1) is 10.2 Å². The van der Waals surface area contributed by atoms with Crippen molar-refractivity contribution in [3.63, 3.8) is 0 Å². The Morgan fingerprint density at radius 2 is 1.06 bits per heavy atom. The van der Waals surface area contributed by atoms with Crippen LogP contribution in [0.5, 0.6) is 0 Å². The van der Waals surface area contributed by atoms with Crippen LogP contribution in [0.25, 0.3) is 77.8 Å². The predicted molar refractivity (Wildman–Crippen MR) is 193 cm³/mol. The van der Waals surface area contributed by atoms with Gasteiger partial charge >= 0.3 is 0 Å². The molecule has 8 rings (SSSR count). The van der Waals surface area contributed by atoms with Gasteiger partial charge in [-0.3, -0.25) is 0 Å². The molecular formula is C43H33N3O. The Morgan fingerprint density at radius 3 is 1.77 bits per heavy atom. The Hall–Kier alpha value is -5.87. The van der Waals surface area contributed by atoms with E-state index in [9.17, 15) is 0 Å². The minimum atomic E-state index is -0.191. The number of hydrogen-bond acceptors (Lipinski definition) is 4. The van der Waals surface area contributed by atoms with Crippen LogP contribution in [0.4, 0.5) is 0 Å². The third kappa shape index (κ3) is 5.28. The van der Waals surface area contributed by atoms with Crippen molar-refractivity contribution >= 4 is 21.9 Å². The lowest BCUT2D eigenvalue weighted by Gasteiger charge is -2.17. The van der Waals surface area contributed by atoms with Crippen LogP contribution in [0.2, 0.25) is 0 Å². The van der Waals surface area contributed by atoms with Gasteiger partial charge in [-0.25, -0.2) is 4.98 Å². The Balaban J connectivity index is 1.25. The van der Waals surface area contributed by atoms with Crippen LogP contribution in [-0.4, -0.2) is 15.2 Å². The summed E-state index contributed by atoms with van der Waals surface area (Å²) in [6, 6.07) is 50.8. The maximum Gasteiger partial charge on any atom is 0.200 e. The van der Waals surface area contributed by atoms with E-state index in [1.807, 2.05) is 48.5 Å². The summed E-state index contributed by atoms with van der Waals surface area (Å²) in [4.78, 5) is 4.86. The maximum atomic E-state index is 6.46. The summed E-state index contributed by atoms with van der Waals surface area (Å²) in [7, 11) is 0. The van der Waals surface area contributed by atoms with Crippen molar-refractivity contribution in [2.45, 2.75) is 26.2 Å². The van der Waals surface area contributed by atoms with Gasteiger partial charge in [0.25, 0.3) is 0 Å². The molecule has 0 bridgehead atoms. The summed E-state index contributed by atoms with van der Waals surface area (Å²) >= 11 is 0. The lowest BCUT2D eigenvalue weighted by molar-refractivity contribution is 0.411. The van der Waals surface area contributed by atoms with Gasteiger partial charge in [0.05, 0.1) is 11.4 Å². The number of fused-ring (bicyclic) bond motifs is 2. The van der Waals surface area contributed by atoms with Crippen LogP contribution in [0, 0.1) is 0 Å². The van der Waals surface area contributed by atoms with E-state index in [2.05, 4.69) is 128 Å². The normalized spacial score (nSPS) is 11.7. The fourth-order valence-corrected chi connectivity index (χ4v) is 6.30. The number of para-hydroxylation sites is 1. The van der Waals surface area contributed by atoms with Crippen molar-refractivity contribution in [1.82, 2.24) is 15.2 Å². The predicted octanol–water partition coefficient (Wildman–Crippen LogP) is 11.4. The number of oxazole rings is 1. The highest BCUT2D eigenvalue weighted by Crippen LogP contribution is 2.44. The van der Waals surface area contributed by atoms with Gasteiger partial charge in [-0.05, 0) is 56.8 Å². The first-order valence-electron chi connectivity index (χ1n) is 16.0. The first-order valence-corrected chi connectivity index (χ1v) is 16.0. The van der Waals surface area contributed by atoms with Crippen LogP contribution < -0.4 is 0 Å². The van der Waals surface area contributed by atoms with Crippen molar-refractivity contribution in [2.75, 3.05) is 0 Å². The number of hydrogen-bond donors (Lipinski definition) is 0. The summed E-state index contributed by atoms with van der Waals surface area (Å²) < 4.78 is 6.46. The monoisotopic (exact) mass is 607 g/mol. The zero-order chi connectivity index (χ0) is 32.0. The van der Waals surface area contributed by atoms with Crippen LogP contribution >= 0.6 is 0 Å². The van der Waals surface area contributed by atoms with Gasteiger partial charge in [-0.1, -0.05) is 148 Å².